The fourth-order valence-corrected chi connectivity index (χ4v) is 3.19. The van der Waals surface area contributed by atoms with Crippen molar-refractivity contribution in [1.82, 2.24) is 14.6 Å². The van der Waals surface area contributed by atoms with Crippen LogP contribution >= 0.6 is 0 Å². The molecule has 130 valence electrons. The van der Waals surface area contributed by atoms with Gasteiger partial charge in [-0.05, 0) is 56.0 Å². The Morgan fingerprint density at radius 3 is 2.68 bits per heavy atom. The van der Waals surface area contributed by atoms with Gasteiger partial charge in [0.15, 0.2) is 5.65 Å². The Labute approximate surface area is 144 Å². The fourth-order valence-electron chi connectivity index (χ4n) is 3.19. The van der Waals surface area contributed by atoms with Crippen LogP contribution in [0.3, 0.4) is 0 Å². The number of hydrogen-bond acceptors (Lipinski definition) is 5. The Hall–Kier alpha value is -2.67. The fraction of sp³-hybridized carbons (Fsp3) is 0.333. The first-order valence-electron chi connectivity index (χ1n) is 8.50. The highest BCUT2D eigenvalue weighted by Crippen LogP contribution is 2.23. The predicted molar refractivity (Wildman–Crippen MR) is 94.6 cm³/mol. The Morgan fingerprint density at radius 1 is 1.08 bits per heavy atom. The largest absolute Gasteiger partial charge is 0.393 e. The second-order valence-corrected chi connectivity index (χ2v) is 6.40. The van der Waals surface area contributed by atoms with Crippen LogP contribution in [0.25, 0.3) is 5.65 Å². The minimum atomic E-state index is -0.310. The molecule has 0 spiro atoms. The highest BCUT2D eigenvalue weighted by atomic mass is 19.1. The third-order valence-corrected chi connectivity index (χ3v) is 4.49. The van der Waals surface area contributed by atoms with Crippen LogP contribution in [0.1, 0.15) is 25.7 Å². The van der Waals surface area contributed by atoms with Gasteiger partial charge in [0, 0.05) is 11.7 Å². The van der Waals surface area contributed by atoms with Crippen LogP contribution in [0.5, 0.6) is 0 Å². The first-order chi connectivity index (χ1) is 12.2. The molecule has 0 unspecified atom stereocenters. The van der Waals surface area contributed by atoms with Crippen molar-refractivity contribution >= 4 is 23.1 Å². The molecule has 25 heavy (non-hydrogen) atoms. The number of nitrogens with zero attached hydrogens (tertiary/aromatic N) is 3. The summed E-state index contributed by atoms with van der Waals surface area (Å²) in [6.45, 7) is 0. The van der Waals surface area contributed by atoms with E-state index in [9.17, 15) is 9.50 Å². The van der Waals surface area contributed by atoms with Crippen LogP contribution in [0, 0.1) is 5.82 Å². The van der Waals surface area contributed by atoms with Crippen molar-refractivity contribution in [2.24, 2.45) is 0 Å². The third kappa shape index (κ3) is 3.56. The zero-order chi connectivity index (χ0) is 17.2. The minimum Gasteiger partial charge on any atom is -0.393 e. The number of rotatable bonds is 4. The molecular weight excluding hydrogens is 321 g/mol. The van der Waals surface area contributed by atoms with E-state index >= 15 is 0 Å². The van der Waals surface area contributed by atoms with Crippen molar-refractivity contribution in [2.45, 2.75) is 37.8 Å². The van der Waals surface area contributed by atoms with Crippen molar-refractivity contribution in [2.75, 3.05) is 10.6 Å². The average Bonchev–Trinajstić information content (AvgIpc) is 3.00. The molecule has 0 saturated heterocycles. The number of aliphatic hydroxyl groups excluding tert-OH is 1. The molecule has 2 aromatic heterocycles. The molecule has 1 fully saturated rings. The maximum Gasteiger partial charge on any atom is 0.247 e. The predicted octanol–water partition coefficient (Wildman–Crippen LogP) is 3.33. The van der Waals surface area contributed by atoms with Gasteiger partial charge in [0.05, 0.1) is 6.10 Å². The van der Waals surface area contributed by atoms with Crippen LogP contribution in [0.15, 0.2) is 42.5 Å². The molecule has 2 heterocycles. The van der Waals surface area contributed by atoms with Crippen molar-refractivity contribution in [3.8, 4) is 0 Å². The van der Waals surface area contributed by atoms with Crippen molar-refractivity contribution < 1.29 is 9.50 Å². The van der Waals surface area contributed by atoms with E-state index in [4.69, 9.17) is 0 Å². The lowest BCUT2D eigenvalue weighted by Crippen LogP contribution is -2.29. The minimum absolute atomic E-state index is 0.178. The summed E-state index contributed by atoms with van der Waals surface area (Å²) in [5.41, 5.74) is 1.31. The Morgan fingerprint density at radius 2 is 1.88 bits per heavy atom. The second-order valence-electron chi connectivity index (χ2n) is 6.40. The third-order valence-electron chi connectivity index (χ3n) is 4.49. The summed E-state index contributed by atoms with van der Waals surface area (Å²) in [5, 5.41) is 20.6. The summed E-state index contributed by atoms with van der Waals surface area (Å²) < 4.78 is 15.1. The van der Waals surface area contributed by atoms with Crippen LogP contribution < -0.4 is 10.6 Å². The Bertz CT molecular complexity index is 873. The molecule has 6 nitrogen and oxygen atoms in total. The second kappa shape index (κ2) is 6.68. The molecule has 4 rings (SSSR count). The lowest BCUT2D eigenvalue weighted by molar-refractivity contribution is 0.126. The number of halogens is 1. The zero-order valence-electron chi connectivity index (χ0n) is 13.7. The number of benzene rings is 1. The normalized spacial score (nSPS) is 20.6. The van der Waals surface area contributed by atoms with Crippen LogP contribution in [-0.2, 0) is 0 Å². The number of fused-ring (bicyclic) bond motifs is 1. The van der Waals surface area contributed by atoms with Gasteiger partial charge in [0.25, 0.3) is 0 Å². The number of nitrogens with one attached hydrogen (secondary N) is 2. The summed E-state index contributed by atoms with van der Waals surface area (Å²) in [6, 6.07) is 12.3. The van der Waals surface area contributed by atoms with Gasteiger partial charge >= 0.3 is 0 Å². The molecule has 0 radical (unpaired) electrons. The van der Waals surface area contributed by atoms with Gasteiger partial charge in [-0.15, -0.1) is 5.10 Å². The smallest absolute Gasteiger partial charge is 0.247 e. The zero-order valence-corrected chi connectivity index (χ0v) is 13.7. The summed E-state index contributed by atoms with van der Waals surface area (Å²) in [4.78, 5) is 4.44. The molecule has 1 aliphatic rings. The molecule has 1 saturated carbocycles. The van der Waals surface area contributed by atoms with Crippen LogP contribution in [0.4, 0.5) is 21.8 Å². The van der Waals surface area contributed by atoms with Gasteiger partial charge in [-0.25, -0.2) is 4.39 Å². The summed E-state index contributed by atoms with van der Waals surface area (Å²) in [5.74, 6) is 0.966. The Balaban J connectivity index is 1.56. The van der Waals surface area contributed by atoms with Gasteiger partial charge in [-0.2, -0.15) is 9.50 Å². The van der Waals surface area contributed by atoms with Crippen molar-refractivity contribution in [1.29, 1.82) is 0 Å². The number of pyridine rings is 1. The van der Waals surface area contributed by atoms with Crippen molar-refractivity contribution in [3.63, 3.8) is 0 Å². The van der Waals surface area contributed by atoms with Crippen molar-refractivity contribution in [3.05, 3.63) is 48.3 Å². The standard InChI is InChI=1S/C18H20FN5O/c19-12-3-1-4-14(11-12)21-18-22-17-6-2-5-16(24(17)23-18)20-13-7-9-15(25)10-8-13/h1-6,11,13,15,20,25H,7-10H2,(H,21,23)/t13-,15+. The van der Waals surface area contributed by atoms with Gasteiger partial charge in [-0.1, -0.05) is 12.1 Å². The molecule has 3 aromatic rings. The van der Waals surface area contributed by atoms with E-state index in [1.807, 2.05) is 18.2 Å². The maximum absolute atomic E-state index is 13.3. The van der Waals surface area contributed by atoms with E-state index < -0.39 is 0 Å². The molecular formula is C18H20FN5O. The lowest BCUT2D eigenvalue weighted by atomic mass is 9.93. The van der Waals surface area contributed by atoms with Gasteiger partial charge in [-0.3, -0.25) is 0 Å². The molecule has 3 N–H and O–H groups in total. The van der Waals surface area contributed by atoms with Gasteiger partial charge in [0.1, 0.15) is 11.6 Å². The first-order valence-corrected chi connectivity index (χ1v) is 8.50. The van der Waals surface area contributed by atoms with E-state index in [-0.39, 0.29) is 11.9 Å². The SMILES string of the molecule is O[C@H]1CC[C@@H](Nc2cccc3nc(Nc4cccc(F)c4)nn23)CC1. The van der Waals surface area contributed by atoms with Gasteiger partial charge in [0.2, 0.25) is 5.95 Å². The van der Waals surface area contributed by atoms with E-state index in [0.29, 0.717) is 23.3 Å². The average molecular weight is 341 g/mol. The maximum atomic E-state index is 13.3. The summed E-state index contributed by atoms with van der Waals surface area (Å²) in [6.07, 6.45) is 3.32. The summed E-state index contributed by atoms with van der Waals surface area (Å²) >= 11 is 0. The highest BCUT2D eigenvalue weighted by Gasteiger charge is 2.20. The molecule has 1 aromatic carbocycles. The molecule has 7 heteroatoms. The topological polar surface area (TPSA) is 74.5 Å². The quantitative estimate of drug-likeness (QED) is 0.679. The van der Waals surface area contributed by atoms with E-state index in [1.165, 1.54) is 12.1 Å². The number of aliphatic hydroxyl groups is 1. The van der Waals surface area contributed by atoms with E-state index in [1.54, 1.807) is 16.6 Å². The molecule has 0 aliphatic heterocycles. The number of anilines is 3. The molecule has 0 bridgehead atoms. The van der Waals surface area contributed by atoms with E-state index in [2.05, 4.69) is 20.7 Å². The van der Waals surface area contributed by atoms with Crippen LogP contribution in [0.2, 0.25) is 0 Å². The van der Waals surface area contributed by atoms with Gasteiger partial charge < -0.3 is 15.7 Å². The number of aromatic nitrogens is 3. The molecule has 0 atom stereocenters. The molecule has 1 aliphatic carbocycles. The Kier molecular flexibility index (Phi) is 4.23. The monoisotopic (exact) mass is 341 g/mol. The van der Waals surface area contributed by atoms with Crippen LogP contribution in [-0.4, -0.2) is 31.9 Å². The molecule has 0 amide bonds. The van der Waals surface area contributed by atoms with E-state index in [0.717, 1.165) is 31.5 Å². The number of hydrogen-bond donors (Lipinski definition) is 3. The first kappa shape index (κ1) is 15.8. The summed E-state index contributed by atoms with van der Waals surface area (Å²) in [7, 11) is 0. The lowest BCUT2D eigenvalue weighted by Gasteiger charge is -2.26. The highest BCUT2D eigenvalue weighted by molar-refractivity contribution is 5.58.